The summed E-state index contributed by atoms with van der Waals surface area (Å²) >= 11 is 4.10. The van der Waals surface area contributed by atoms with Crippen LogP contribution in [0.3, 0.4) is 0 Å². The quantitative estimate of drug-likeness (QED) is 0.452. The first-order chi connectivity index (χ1) is 4.38. The first-order valence-corrected chi connectivity index (χ1v) is 3.82. The van der Waals surface area contributed by atoms with Gasteiger partial charge in [-0.1, -0.05) is 0 Å². The van der Waals surface area contributed by atoms with Gasteiger partial charge in [-0.2, -0.15) is 12.6 Å². The van der Waals surface area contributed by atoms with Crippen molar-refractivity contribution in [2.45, 2.75) is 18.9 Å². The van der Waals surface area contributed by atoms with Crippen molar-refractivity contribution in [3.8, 4) is 0 Å². The summed E-state index contributed by atoms with van der Waals surface area (Å²) in [6.45, 7) is 1.03. The Labute approximate surface area is 60.6 Å². The molecular formula is C6H11NOS. The lowest BCUT2D eigenvalue weighted by atomic mass is 10.2. The second kappa shape index (κ2) is 3.22. The van der Waals surface area contributed by atoms with E-state index in [4.69, 9.17) is 0 Å². The van der Waals surface area contributed by atoms with Crippen LogP contribution in [0.5, 0.6) is 0 Å². The molecular weight excluding hydrogens is 134 g/mol. The maximum absolute atomic E-state index is 10.3. The van der Waals surface area contributed by atoms with E-state index in [1.165, 1.54) is 0 Å². The second-order valence-electron chi connectivity index (χ2n) is 2.30. The first kappa shape index (κ1) is 7.09. The fourth-order valence-corrected chi connectivity index (χ4v) is 1.53. The summed E-state index contributed by atoms with van der Waals surface area (Å²) < 4.78 is 0. The number of rotatable bonds is 2. The van der Waals surface area contributed by atoms with Gasteiger partial charge in [0.2, 0.25) is 0 Å². The Morgan fingerprint density at radius 2 is 2.56 bits per heavy atom. The molecule has 0 unspecified atom stereocenters. The highest BCUT2D eigenvalue weighted by atomic mass is 32.1. The summed E-state index contributed by atoms with van der Waals surface area (Å²) in [4.78, 5) is 12.4. The molecule has 52 valence electrons. The summed E-state index contributed by atoms with van der Waals surface area (Å²) in [6.07, 6.45) is 3.18. The van der Waals surface area contributed by atoms with Gasteiger partial charge < -0.3 is 4.79 Å². The predicted molar refractivity (Wildman–Crippen MR) is 39.6 cm³/mol. The molecule has 1 heterocycles. The summed E-state index contributed by atoms with van der Waals surface area (Å²) in [6, 6.07) is 0.155. The largest absolute Gasteiger partial charge is 0.302 e. The van der Waals surface area contributed by atoms with E-state index in [9.17, 15) is 4.79 Å². The van der Waals surface area contributed by atoms with Crippen LogP contribution in [0.25, 0.3) is 0 Å². The van der Waals surface area contributed by atoms with E-state index in [0.29, 0.717) is 5.88 Å². The van der Waals surface area contributed by atoms with Gasteiger partial charge in [0, 0.05) is 5.88 Å². The van der Waals surface area contributed by atoms with Gasteiger partial charge in [0.25, 0.3) is 0 Å². The van der Waals surface area contributed by atoms with Gasteiger partial charge in [-0.25, -0.2) is 0 Å². The molecule has 3 heteroatoms. The minimum absolute atomic E-state index is 0.155. The molecule has 0 amide bonds. The molecule has 0 aromatic heterocycles. The van der Waals surface area contributed by atoms with Crippen molar-refractivity contribution < 1.29 is 4.79 Å². The number of carbonyl (C=O) groups is 1. The van der Waals surface area contributed by atoms with Crippen LogP contribution < -0.4 is 0 Å². The molecule has 0 aliphatic carbocycles. The standard InChI is InChI=1S/C6H11NOS/c8-4-6-2-1-3-7(6)5-9/h4,6,9H,1-3,5H2/t6-/m0/s1. The van der Waals surface area contributed by atoms with Gasteiger partial charge in [0.05, 0.1) is 6.04 Å². The maximum atomic E-state index is 10.3. The van der Waals surface area contributed by atoms with Crippen LogP contribution in [-0.2, 0) is 4.79 Å². The van der Waals surface area contributed by atoms with Gasteiger partial charge in [-0.05, 0) is 19.4 Å². The van der Waals surface area contributed by atoms with Gasteiger partial charge in [-0.3, -0.25) is 4.90 Å². The molecule has 0 N–H and O–H groups in total. The molecule has 0 aromatic carbocycles. The van der Waals surface area contributed by atoms with Crippen LogP contribution in [0.4, 0.5) is 0 Å². The van der Waals surface area contributed by atoms with E-state index >= 15 is 0 Å². The number of nitrogens with zero attached hydrogens (tertiary/aromatic N) is 1. The number of likely N-dealkylation sites (tertiary alicyclic amines) is 1. The molecule has 1 fully saturated rings. The van der Waals surface area contributed by atoms with Crippen molar-refractivity contribution in [3.63, 3.8) is 0 Å². The smallest absolute Gasteiger partial charge is 0.137 e. The topological polar surface area (TPSA) is 20.3 Å². The Kier molecular flexibility index (Phi) is 2.54. The normalized spacial score (nSPS) is 28.8. The average molecular weight is 145 g/mol. The minimum atomic E-state index is 0.155. The molecule has 1 rings (SSSR count). The summed E-state index contributed by atoms with van der Waals surface area (Å²) in [7, 11) is 0. The van der Waals surface area contributed by atoms with Gasteiger partial charge >= 0.3 is 0 Å². The van der Waals surface area contributed by atoms with E-state index in [2.05, 4.69) is 17.5 Å². The zero-order chi connectivity index (χ0) is 6.69. The highest BCUT2D eigenvalue weighted by Gasteiger charge is 2.21. The maximum Gasteiger partial charge on any atom is 0.137 e. The van der Waals surface area contributed by atoms with E-state index in [1.54, 1.807) is 0 Å². The lowest BCUT2D eigenvalue weighted by Gasteiger charge is -2.15. The lowest BCUT2D eigenvalue weighted by Crippen LogP contribution is -2.28. The molecule has 0 bridgehead atoms. The highest BCUT2D eigenvalue weighted by molar-refractivity contribution is 7.80. The van der Waals surface area contributed by atoms with Gasteiger partial charge in [0.15, 0.2) is 0 Å². The number of aldehydes is 1. The Morgan fingerprint density at radius 3 is 3.00 bits per heavy atom. The summed E-state index contributed by atoms with van der Waals surface area (Å²) in [5, 5.41) is 0. The van der Waals surface area contributed by atoms with E-state index < -0.39 is 0 Å². The second-order valence-corrected chi connectivity index (χ2v) is 2.58. The van der Waals surface area contributed by atoms with Crippen molar-refractivity contribution in [1.29, 1.82) is 0 Å². The molecule has 9 heavy (non-hydrogen) atoms. The number of hydrogen-bond acceptors (Lipinski definition) is 3. The van der Waals surface area contributed by atoms with Crippen LogP contribution >= 0.6 is 12.6 Å². The summed E-state index contributed by atoms with van der Waals surface area (Å²) in [5.74, 6) is 0.712. The molecule has 1 aliphatic heterocycles. The van der Waals surface area contributed by atoms with Crippen molar-refractivity contribution in [3.05, 3.63) is 0 Å². The fraction of sp³-hybridized carbons (Fsp3) is 0.833. The Morgan fingerprint density at radius 1 is 1.78 bits per heavy atom. The van der Waals surface area contributed by atoms with Crippen molar-refractivity contribution in [2.75, 3.05) is 12.4 Å². The third kappa shape index (κ3) is 1.46. The highest BCUT2D eigenvalue weighted by Crippen LogP contribution is 2.14. The Balaban J connectivity index is 2.41. The third-order valence-corrected chi connectivity index (χ3v) is 2.12. The first-order valence-electron chi connectivity index (χ1n) is 3.18. The molecule has 0 saturated carbocycles. The zero-order valence-corrected chi connectivity index (χ0v) is 6.18. The monoisotopic (exact) mass is 145 g/mol. The number of thiol groups is 1. The molecule has 0 aromatic rings. The van der Waals surface area contributed by atoms with Crippen LogP contribution in [0.2, 0.25) is 0 Å². The summed E-state index contributed by atoms with van der Waals surface area (Å²) in [5.41, 5.74) is 0. The fourth-order valence-electron chi connectivity index (χ4n) is 1.18. The van der Waals surface area contributed by atoms with Crippen LogP contribution in [0, 0.1) is 0 Å². The lowest BCUT2D eigenvalue weighted by molar-refractivity contribution is -0.111. The number of hydrogen-bond donors (Lipinski definition) is 1. The van der Waals surface area contributed by atoms with Crippen molar-refractivity contribution in [2.24, 2.45) is 0 Å². The predicted octanol–water partition coefficient (Wildman–Crippen LogP) is 0.537. The van der Waals surface area contributed by atoms with Crippen LogP contribution in [-0.4, -0.2) is 29.6 Å². The molecule has 2 nitrogen and oxygen atoms in total. The van der Waals surface area contributed by atoms with Crippen molar-refractivity contribution in [1.82, 2.24) is 4.90 Å². The zero-order valence-electron chi connectivity index (χ0n) is 5.29. The Bertz CT molecular complexity index is 107. The SMILES string of the molecule is O=C[C@@H]1CCCN1CS. The van der Waals surface area contributed by atoms with Gasteiger partial charge in [0.1, 0.15) is 6.29 Å². The molecule has 1 saturated heterocycles. The minimum Gasteiger partial charge on any atom is -0.302 e. The molecule has 1 atom stereocenters. The van der Waals surface area contributed by atoms with Crippen LogP contribution in [0.1, 0.15) is 12.8 Å². The van der Waals surface area contributed by atoms with Crippen molar-refractivity contribution >= 4 is 18.9 Å². The van der Waals surface area contributed by atoms with Gasteiger partial charge in [-0.15, -0.1) is 0 Å². The number of carbonyl (C=O) groups excluding carboxylic acids is 1. The average Bonchev–Trinajstić information content (AvgIpc) is 2.33. The molecule has 0 radical (unpaired) electrons. The third-order valence-electron chi connectivity index (χ3n) is 1.75. The molecule has 0 spiro atoms. The van der Waals surface area contributed by atoms with Crippen LogP contribution in [0.15, 0.2) is 0 Å². The Hall–Kier alpha value is -0.0200. The van der Waals surface area contributed by atoms with E-state index in [0.717, 1.165) is 25.7 Å². The van der Waals surface area contributed by atoms with E-state index in [-0.39, 0.29) is 6.04 Å². The van der Waals surface area contributed by atoms with E-state index in [1.807, 2.05) is 0 Å². The molecule has 1 aliphatic rings.